The maximum absolute atomic E-state index is 14.0. The first-order valence-corrected chi connectivity index (χ1v) is 14.6. The van der Waals surface area contributed by atoms with E-state index in [1.807, 2.05) is 51.1 Å². The van der Waals surface area contributed by atoms with Crippen LogP contribution in [0.3, 0.4) is 0 Å². The van der Waals surface area contributed by atoms with Gasteiger partial charge in [0, 0.05) is 18.5 Å². The van der Waals surface area contributed by atoms with E-state index in [1.165, 1.54) is 41.3 Å². The normalized spacial score (nSPS) is 12.5. The van der Waals surface area contributed by atoms with E-state index in [9.17, 15) is 22.4 Å². The SMILES string of the molecule is CC(C)(C)NC(=O)C(Cc1ccccc1)N(Cc1ccc(F)cc1)C(=O)CN(c1ccccc1Cl)S(C)(=O)=O. The van der Waals surface area contributed by atoms with Gasteiger partial charge in [0.25, 0.3) is 0 Å². The summed E-state index contributed by atoms with van der Waals surface area (Å²) in [4.78, 5) is 29.0. The van der Waals surface area contributed by atoms with Gasteiger partial charge in [0.1, 0.15) is 18.4 Å². The minimum absolute atomic E-state index is 0.0473. The molecule has 7 nitrogen and oxygen atoms in total. The van der Waals surface area contributed by atoms with Gasteiger partial charge in [-0.3, -0.25) is 13.9 Å². The van der Waals surface area contributed by atoms with Crippen molar-refractivity contribution in [3.05, 3.63) is 101 Å². The van der Waals surface area contributed by atoms with Crippen molar-refractivity contribution in [2.45, 2.75) is 45.3 Å². The third-order valence-electron chi connectivity index (χ3n) is 5.84. The Kier molecular flexibility index (Phi) is 9.74. The standard InChI is InChI=1S/C29H33ClFN3O4S/c1-29(2,3)32-28(36)26(18-21-10-6-5-7-11-21)33(19-22-14-16-23(31)17-15-22)27(35)20-34(39(4,37)38)25-13-9-8-12-24(25)30/h5-17,26H,18-20H2,1-4H3,(H,32,36). The van der Waals surface area contributed by atoms with Crippen LogP contribution in [-0.2, 0) is 32.6 Å². The van der Waals surface area contributed by atoms with Crippen LogP contribution in [0, 0.1) is 5.82 Å². The lowest BCUT2D eigenvalue weighted by Gasteiger charge is -2.35. The Morgan fingerprint density at radius 3 is 2.08 bits per heavy atom. The Labute approximate surface area is 234 Å². The third-order valence-corrected chi connectivity index (χ3v) is 7.28. The zero-order valence-corrected chi connectivity index (χ0v) is 24.0. The van der Waals surface area contributed by atoms with Crippen molar-refractivity contribution < 1.29 is 22.4 Å². The fourth-order valence-electron chi connectivity index (χ4n) is 4.04. The molecule has 0 bridgehead atoms. The fourth-order valence-corrected chi connectivity index (χ4v) is 5.19. The maximum atomic E-state index is 14.0. The number of carbonyl (C=O) groups is 2. The lowest BCUT2D eigenvalue weighted by Crippen LogP contribution is -2.56. The average Bonchev–Trinajstić information content (AvgIpc) is 2.85. The number of para-hydroxylation sites is 1. The summed E-state index contributed by atoms with van der Waals surface area (Å²) in [5, 5.41) is 3.11. The number of amides is 2. The molecule has 39 heavy (non-hydrogen) atoms. The largest absolute Gasteiger partial charge is 0.350 e. The monoisotopic (exact) mass is 573 g/mol. The molecule has 10 heteroatoms. The van der Waals surface area contributed by atoms with Crippen molar-refractivity contribution in [2.24, 2.45) is 0 Å². The molecule has 2 amide bonds. The van der Waals surface area contributed by atoms with Crippen molar-refractivity contribution in [3.8, 4) is 0 Å². The zero-order valence-electron chi connectivity index (χ0n) is 22.4. The predicted octanol–water partition coefficient (Wildman–Crippen LogP) is 4.80. The number of nitrogens with zero attached hydrogens (tertiary/aromatic N) is 2. The van der Waals surface area contributed by atoms with Gasteiger partial charge in [-0.05, 0) is 56.2 Å². The number of rotatable bonds is 10. The van der Waals surface area contributed by atoms with E-state index in [2.05, 4.69) is 5.32 Å². The Balaban J connectivity index is 2.08. The highest BCUT2D eigenvalue weighted by molar-refractivity contribution is 7.92. The summed E-state index contributed by atoms with van der Waals surface area (Å²) in [6.07, 6.45) is 1.17. The summed E-state index contributed by atoms with van der Waals surface area (Å²) in [6.45, 7) is 4.87. The number of hydrogen-bond acceptors (Lipinski definition) is 4. The number of benzene rings is 3. The van der Waals surface area contributed by atoms with E-state index in [1.54, 1.807) is 12.1 Å². The molecule has 1 N–H and O–H groups in total. The van der Waals surface area contributed by atoms with Crippen molar-refractivity contribution >= 4 is 39.1 Å². The van der Waals surface area contributed by atoms with Crippen molar-refractivity contribution in [1.82, 2.24) is 10.2 Å². The molecule has 0 radical (unpaired) electrons. The number of carbonyl (C=O) groups excluding carboxylic acids is 2. The van der Waals surface area contributed by atoms with Crippen molar-refractivity contribution in [3.63, 3.8) is 0 Å². The van der Waals surface area contributed by atoms with Gasteiger partial charge in [-0.25, -0.2) is 12.8 Å². The minimum Gasteiger partial charge on any atom is -0.350 e. The number of nitrogens with one attached hydrogen (secondary N) is 1. The molecule has 0 aliphatic heterocycles. The quantitative estimate of drug-likeness (QED) is 0.377. The minimum atomic E-state index is -3.93. The molecule has 0 aliphatic carbocycles. The van der Waals surface area contributed by atoms with E-state index in [0.717, 1.165) is 16.1 Å². The lowest BCUT2D eigenvalue weighted by atomic mass is 10.0. The highest BCUT2D eigenvalue weighted by Gasteiger charge is 2.34. The first kappa shape index (κ1) is 30.1. The van der Waals surface area contributed by atoms with Crippen LogP contribution in [0.2, 0.25) is 5.02 Å². The molecular formula is C29H33ClFN3O4S. The molecular weight excluding hydrogens is 541 g/mol. The lowest BCUT2D eigenvalue weighted by molar-refractivity contribution is -0.140. The molecule has 0 spiro atoms. The van der Waals surface area contributed by atoms with Gasteiger partial charge in [0.2, 0.25) is 21.8 Å². The van der Waals surface area contributed by atoms with Crippen LogP contribution in [0.25, 0.3) is 0 Å². The van der Waals surface area contributed by atoms with Crippen molar-refractivity contribution in [2.75, 3.05) is 17.1 Å². The van der Waals surface area contributed by atoms with E-state index in [4.69, 9.17) is 11.6 Å². The van der Waals surface area contributed by atoms with E-state index in [-0.39, 0.29) is 23.7 Å². The van der Waals surface area contributed by atoms with Gasteiger partial charge >= 0.3 is 0 Å². The molecule has 0 heterocycles. The van der Waals surface area contributed by atoms with Crippen molar-refractivity contribution in [1.29, 1.82) is 0 Å². The Bertz CT molecular complexity index is 1390. The Hall–Kier alpha value is -3.43. The smallest absolute Gasteiger partial charge is 0.244 e. The molecule has 3 aromatic rings. The van der Waals surface area contributed by atoms with Crippen LogP contribution in [-0.4, -0.2) is 49.5 Å². The first-order valence-electron chi connectivity index (χ1n) is 12.4. The van der Waals surface area contributed by atoms with E-state index in [0.29, 0.717) is 5.56 Å². The van der Waals surface area contributed by atoms with Gasteiger partial charge in [-0.15, -0.1) is 0 Å². The number of hydrogen-bond donors (Lipinski definition) is 1. The molecule has 0 fully saturated rings. The topological polar surface area (TPSA) is 86.8 Å². The number of halogens is 2. The van der Waals surface area contributed by atoms with Gasteiger partial charge in [-0.1, -0.05) is 66.2 Å². The van der Waals surface area contributed by atoms with Crippen LogP contribution in [0.4, 0.5) is 10.1 Å². The van der Waals surface area contributed by atoms with E-state index < -0.39 is 45.8 Å². The van der Waals surface area contributed by atoms with Crippen LogP contribution in [0.15, 0.2) is 78.9 Å². The molecule has 3 aromatic carbocycles. The molecule has 1 unspecified atom stereocenters. The van der Waals surface area contributed by atoms with Crippen LogP contribution in [0.1, 0.15) is 31.9 Å². The number of sulfonamides is 1. The summed E-state index contributed by atoms with van der Waals surface area (Å²) in [7, 11) is -3.93. The highest BCUT2D eigenvalue weighted by atomic mass is 35.5. The first-order chi connectivity index (χ1) is 18.2. The highest BCUT2D eigenvalue weighted by Crippen LogP contribution is 2.28. The Morgan fingerprint density at radius 1 is 0.923 bits per heavy atom. The second-order valence-corrected chi connectivity index (χ2v) is 12.6. The van der Waals surface area contributed by atoms with Gasteiger partial charge in [-0.2, -0.15) is 0 Å². The molecule has 3 rings (SSSR count). The van der Waals surface area contributed by atoms with Gasteiger partial charge in [0.05, 0.1) is 17.0 Å². The summed E-state index contributed by atoms with van der Waals surface area (Å²) in [5.74, 6) is -1.45. The summed E-state index contributed by atoms with van der Waals surface area (Å²) in [5.41, 5.74) is 0.951. The van der Waals surface area contributed by atoms with Gasteiger partial charge in [0.15, 0.2) is 0 Å². The summed E-state index contributed by atoms with van der Waals surface area (Å²) >= 11 is 6.29. The van der Waals surface area contributed by atoms with Gasteiger partial charge < -0.3 is 10.2 Å². The molecule has 0 aromatic heterocycles. The fraction of sp³-hybridized carbons (Fsp3) is 0.310. The molecule has 208 valence electrons. The van der Waals surface area contributed by atoms with Crippen LogP contribution in [0.5, 0.6) is 0 Å². The molecule has 0 aliphatic rings. The zero-order chi connectivity index (χ0) is 28.8. The average molecular weight is 574 g/mol. The second-order valence-electron chi connectivity index (χ2n) is 10.3. The Morgan fingerprint density at radius 2 is 1.51 bits per heavy atom. The maximum Gasteiger partial charge on any atom is 0.244 e. The third kappa shape index (κ3) is 8.80. The predicted molar refractivity (Wildman–Crippen MR) is 152 cm³/mol. The number of anilines is 1. The van der Waals surface area contributed by atoms with Crippen LogP contribution >= 0.6 is 11.6 Å². The second kappa shape index (κ2) is 12.6. The van der Waals surface area contributed by atoms with E-state index >= 15 is 0 Å². The van der Waals surface area contributed by atoms with Crippen LogP contribution < -0.4 is 9.62 Å². The molecule has 0 saturated heterocycles. The summed E-state index contributed by atoms with van der Waals surface area (Å²) < 4.78 is 40.2. The summed E-state index contributed by atoms with van der Waals surface area (Å²) in [6, 6.07) is 20.1. The molecule has 0 saturated carbocycles. The molecule has 1 atom stereocenters.